The first-order valence-corrected chi connectivity index (χ1v) is 6.48. The van der Waals surface area contributed by atoms with E-state index in [1.165, 1.54) is 25.1 Å². The number of carboxylic acid groups (broad SMARTS) is 1. The highest BCUT2D eigenvalue weighted by atomic mass is 16.4. The fourth-order valence-corrected chi connectivity index (χ4v) is 1.73. The Balaban J connectivity index is 3.07. The average Bonchev–Trinajstić information content (AvgIpc) is 2.39. The molecule has 2 amide bonds. The summed E-state index contributed by atoms with van der Waals surface area (Å²) in [4.78, 5) is 34.1. The van der Waals surface area contributed by atoms with Gasteiger partial charge in [0, 0.05) is 18.2 Å². The second-order valence-electron chi connectivity index (χ2n) is 4.50. The Kier molecular flexibility index (Phi) is 5.66. The molecule has 0 saturated heterocycles. The number of carboxylic acids is 1. The molecule has 1 rings (SSSR count). The monoisotopic (exact) mass is 290 g/mol. The molecule has 6 nitrogen and oxygen atoms in total. The van der Waals surface area contributed by atoms with E-state index >= 15 is 0 Å². The van der Waals surface area contributed by atoms with E-state index in [1.807, 2.05) is 6.92 Å². The van der Waals surface area contributed by atoms with E-state index in [9.17, 15) is 19.5 Å². The van der Waals surface area contributed by atoms with Crippen molar-refractivity contribution in [3.8, 4) is 0 Å². The number of aromatic carboxylic acids is 1. The number of rotatable bonds is 5. The van der Waals surface area contributed by atoms with E-state index in [-0.39, 0.29) is 23.1 Å². The third-order valence-electron chi connectivity index (χ3n) is 2.69. The zero-order valence-electron chi connectivity index (χ0n) is 12.2. The minimum absolute atomic E-state index is 0.0844. The van der Waals surface area contributed by atoms with Crippen LogP contribution in [0.25, 0.3) is 0 Å². The van der Waals surface area contributed by atoms with E-state index in [0.29, 0.717) is 17.7 Å². The molecule has 0 spiro atoms. The van der Waals surface area contributed by atoms with Crippen molar-refractivity contribution in [2.45, 2.75) is 27.2 Å². The first-order chi connectivity index (χ1) is 9.85. The predicted molar refractivity (Wildman–Crippen MR) is 80.4 cm³/mol. The van der Waals surface area contributed by atoms with Gasteiger partial charge in [-0.05, 0) is 31.5 Å². The van der Waals surface area contributed by atoms with Crippen LogP contribution < -0.4 is 10.6 Å². The van der Waals surface area contributed by atoms with Gasteiger partial charge in [0.2, 0.25) is 5.91 Å². The van der Waals surface area contributed by atoms with Crippen LogP contribution in [-0.2, 0) is 9.59 Å². The predicted octanol–water partition coefficient (Wildman–Crippen LogP) is 2.64. The van der Waals surface area contributed by atoms with E-state index in [2.05, 4.69) is 10.6 Å². The normalized spacial score (nSPS) is 10.9. The van der Waals surface area contributed by atoms with E-state index in [0.717, 1.165) is 0 Å². The third kappa shape index (κ3) is 4.76. The Labute approximate surface area is 122 Å². The van der Waals surface area contributed by atoms with Gasteiger partial charge in [-0.25, -0.2) is 4.79 Å². The van der Waals surface area contributed by atoms with Crippen LogP contribution in [0.3, 0.4) is 0 Å². The highest BCUT2D eigenvalue weighted by Gasteiger charge is 2.14. The molecule has 0 atom stereocenters. The Morgan fingerprint density at radius 1 is 1.19 bits per heavy atom. The number of carbonyl (C=O) groups excluding carboxylic acids is 2. The molecule has 0 unspecified atom stereocenters. The van der Waals surface area contributed by atoms with Gasteiger partial charge in [-0.1, -0.05) is 13.0 Å². The molecular weight excluding hydrogens is 272 g/mol. The van der Waals surface area contributed by atoms with Crippen molar-refractivity contribution in [2.75, 3.05) is 10.6 Å². The number of carbonyl (C=O) groups is 3. The van der Waals surface area contributed by atoms with Crippen molar-refractivity contribution in [3.05, 3.63) is 35.4 Å². The summed E-state index contributed by atoms with van der Waals surface area (Å²) in [6.07, 6.45) is 2.47. The zero-order valence-corrected chi connectivity index (χ0v) is 12.2. The minimum Gasteiger partial charge on any atom is -0.478 e. The molecule has 0 aliphatic carbocycles. The highest BCUT2D eigenvalue weighted by Crippen LogP contribution is 2.21. The largest absolute Gasteiger partial charge is 0.478 e. The van der Waals surface area contributed by atoms with Crippen molar-refractivity contribution in [1.29, 1.82) is 0 Å². The molecule has 1 aromatic carbocycles. The van der Waals surface area contributed by atoms with Crippen LogP contribution in [-0.4, -0.2) is 22.9 Å². The molecule has 21 heavy (non-hydrogen) atoms. The molecule has 112 valence electrons. The van der Waals surface area contributed by atoms with Crippen molar-refractivity contribution < 1.29 is 19.5 Å². The number of allylic oxidation sites excluding steroid dienone is 1. The van der Waals surface area contributed by atoms with Gasteiger partial charge in [0.05, 0.1) is 11.3 Å². The fourth-order valence-electron chi connectivity index (χ4n) is 1.73. The first kappa shape index (κ1) is 16.4. The van der Waals surface area contributed by atoms with E-state index < -0.39 is 5.97 Å². The summed E-state index contributed by atoms with van der Waals surface area (Å²) in [6, 6.07) is 4.28. The summed E-state index contributed by atoms with van der Waals surface area (Å²) in [5, 5.41) is 14.3. The van der Waals surface area contributed by atoms with Gasteiger partial charge >= 0.3 is 5.97 Å². The van der Waals surface area contributed by atoms with Gasteiger partial charge in [0.25, 0.3) is 5.91 Å². The van der Waals surface area contributed by atoms with Gasteiger partial charge in [0.15, 0.2) is 0 Å². The Morgan fingerprint density at radius 3 is 2.38 bits per heavy atom. The number of nitrogens with one attached hydrogen (secondary N) is 2. The summed E-state index contributed by atoms with van der Waals surface area (Å²) in [5.41, 5.74) is 0.975. The molecular formula is C15H18N2O4. The van der Waals surface area contributed by atoms with Crippen molar-refractivity contribution in [3.63, 3.8) is 0 Å². The van der Waals surface area contributed by atoms with Gasteiger partial charge in [0.1, 0.15) is 0 Å². The van der Waals surface area contributed by atoms with Gasteiger partial charge in [-0.3, -0.25) is 9.59 Å². The van der Waals surface area contributed by atoms with Crippen LogP contribution in [0.2, 0.25) is 0 Å². The maximum Gasteiger partial charge on any atom is 0.337 e. The maximum absolute atomic E-state index is 11.9. The van der Waals surface area contributed by atoms with Gasteiger partial charge in [-0.2, -0.15) is 0 Å². The van der Waals surface area contributed by atoms with Crippen molar-refractivity contribution in [1.82, 2.24) is 0 Å². The van der Waals surface area contributed by atoms with Crippen LogP contribution in [0, 0.1) is 0 Å². The Bertz CT molecular complexity index is 606. The number of anilines is 2. The molecule has 0 radical (unpaired) electrons. The van der Waals surface area contributed by atoms with Crippen LogP contribution in [0.1, 0.15) is 37.6 Å². The lowest BCUT2D eigenvalue weighted by atomic mass is 10.1. The molecule has 0 aromatic heterocycles. The molecule has 0 aliphatic rings. The molecule has 0 saturated carbocycles. The molecule has 6 heteroatoms. The smallest absolute Gasteiger partial charge is 0.337 e. The summed E-state index contributed by atoms with van der Waals surface area (Å²) in [5.74, 6) is -1.84. The summed E-state index contributed by atoms with van der Waals surface area (Å²) in [7, 11) is 0. The standard InChI is InChI=1S/C15H18N2O4/c1-4-5-9(2)14(19)17-13-7-6-11(16-10(3)18)8-12(13)15(20)21/h5-8H,4H2,1-3H3,(H,16,18)(H,17,19)(H,20,21)/b9-5+. The van der Waals surface area contributed by atoms with Crippen LogP contribution in [0.5, 0.6) is 0 Å². The van der Waals surface area contributed by atoms with Crippen LogP contribution >= 0.6 is 0 Å². The van der Waals surface area contributed by atoms with Crippen molar-refractivity contribution in [2.24, 2.45) is 0 Å². The van der Waals surface area contributed by atoms with Crippen LogP contribution in [0.15, 0.2) is 29.8 Å². The highest BCUT2D eigenvalue weighted by molar-refractivity contribution is 6.07. The molecule has 3 N–H and O–H groups in total. The molecule has 0 fully saturated rings. The number of hydrogen-bond donors (Lipinski definition) is 3. The average molecular weight is 290 g/mol. The summed E-state index contributed by atoms with van der Waals surface area (Å²) in [6.45, 7) is 4.89. The SMILES string of the molecule is CC/C=C(\C)C(=O)Nc1ccc(NC(C)=O)cc1C(=O)O. The number of amides is 2. The third-order valence-corrected chi connectivity index (χ3v) is 2.69. The Morgan fingerprint density at radius 2 is 1.86 bits per heavy atom. The maximum atomic E-state index is 11.9. The van der Waals surface area contributed by atoms with Gasteiger partial charge in [-0.15, -0.1) is 0 Å². The van der Waals surface area contributed by atoms with Crippen molar-refractivity contribution >= 4 is 29.2 Å². The van der Waals surface area contributed by atoms with Crippen LogP contribution in [0.4, 0.5) is 11.4 Å². The Hall–Kier alpha value is -2.63. The molecule has 1 aromatic rings. The lowest BCUT2D eigenvalue weighted by Crippen LogP contribution is -2.16. The summed E-state index contributed by atoms with van der Waals surface area (Å²) >= 11 is 0. The molecule has 0 aliphatic heterocycles. The van der Waals surface area contributed by atoms with E-state index in [1.54, 1.807) is 13.0 Å². The number of hydrogen-bond acceptors (Lipinski definition) is 3. The fraction of sp³-hybridized carbons (Fsp3) is 0.267. The molecule has 0 heterocycles. The zero-order chi connectivity index (χ0) is 16.0. The lowest BCUT2D eigenvalue weighted by molar-refractivity contribution is -0.114. The quantitative estimate of drug-likeness (QED) is 0.726. The lowest BCUT2D eigenvalue weighted by Gasteiger charge is -2.11. The topological polar surface area (TPSA) is 95.5 Å². The van der Waals surface area contributed by atoms with E-state index in [4.69, 9.17) is 0 Å². The first-order valence-electron chi connectivity index (χ1n) is 6.48. The second kappa shape index (κ2) is 7.23. The van der Waals surface area contributed by atoms with Gasteiger partial charge < -0.3 is 15.7 Å². The summed E-state index contributed by atoms with van der Waals surface area (Å²) < 4.78 is 0. The second-order valence-corrected chi connectivity index (χ2v) is 4.50. The number of benzene rings is 1. The molecule has 0 bridgehead atoms. The minimum atomic E-state index is -1.19.